The summed E-state index contributed by atoms with van der Waals surface area (Å²) >= 11 is 6.44. The quantitative estimate of drug-likeness (QED) is 0.630. The fourth-order valence-electron chi connectivity index (χ4n) is 4.82. The van der Waals surface area contributed by atoms with Crippen molar-refractivity contribution in [2.24, 2.45) is 16.8 Å². The van der Waals surface area contributed by atoms with Crippen LogP contribution in [0.3, 0.4) is 0 Å². The van der Waals surface area contributed by atoms with Crippen molar-refractivity contribution >= 4 is 40.7 Å². The first-order chi connectivity index (χ1) is 16.1. The number of rotatable bonds is 7. The third kappa shape index (κ3) is 6.06. The fraction of sp³-hybridized carbons (Fsp3) is 0.538. The Kier molecular flexibility index (Phi) is 8.52. The molecule has 1 N–H and O–H groups in total. The zero-order valence-corrected chi connectivity index (χ0v) is 21.5. The monoisotopic (exact) mass is 486 g/mol. The fourth-order valence-corrected chi connectivity index (χ4v) is 5.03. The van der Waals surface area contributed by atoms with Crippen LogP contribution in [0.15, 0.2) is 28.8 Å². The number of nitrogens with one attached hydrogen (secondary N) is 1. The highest BCUT2D eigenvalue weighted by atomic mass is 35.5. The molecule has 0 saturated carbocycles. The Morgan fingerprint density at radius 2 is 1.88 bits per heavy atom. The average Bonchev–Trinajstić information content (AvgIpc) is 2.78. The minimum atomic E-state index is -0.445. The van der Waals surface area contributed by atoms with Crippen LogP contribution in [0.5, 0.6) is 0 Å². The van der Waals surface area contributed by atoms with Gasteiger partial charge in [0.05, 0.1) is 5.92 Å². The molecule has 0 spiro atoms. The van der Waals surface area contributed by atoms with E-state index in [1.165, 1.54) is 0 Å². The van der Waals surface area contributed by atoms with Crippen molar-refractivity contribution in [2.45, 2.75) is 47.5 Å². The molecule has 1 fully saturated rings. The number of likely N-dealkylation sites (tertiary alicyclic amines) is 1. The van der Waals surface area contributed by atoms with Gasteiger partial charge in [-0.05, 0) is 70.2 Å². The number of allylic oxidation sites excluding steroid dienone is 1. The first-order valence-electron chi connectivity index (χ1n) is 12.0. The molecule has 2 heterocycles. The molecule has 3 rings (SSSR count). The van der Waals surface area contributed by atoms with Gasteiger partial charge in [0.2, 0.25) is 5.91 Å². The van der Waals surface area contributed by atoms with E-state index in [1.807, 2.05) is 30.9 Å². The Morgan fingerprint density at radius 3 is 2.47 bits per heavy atom. The molecule has 184 valence electrons. The number of amides is 3. The summed E-state index contributed by atoms with van der Waals surface area (Å²) < 4.78 is 0. The van der Waals surface area contributed by atoms with Gasteiger partial charge in [0.1, 0.15) is 0 Å². The Morgan fingerprint density at radius 1 is 1.21 bits per heavy atom. The molecule has 0 aliphatic carbocycles. The molecule has 1 saturated heterocycles. The molecule has 0 radical (unpaired) electrons. The van der Waals surface area contributed by atoms with Crippen LogP contribution in [0.2, 0.25) is 5.02 Å². The van der Waals surface area contributed by atoms with E-state index in [0.29, 0.717) is 22.2 Å². The highest BCUT2D eigenvalue weighted by Crippen LogP contribution is 2.30. The van der Waals surface area contributed by atoms with Crippen LogP contribution < -0.4 is 10.2 Å². The molecular weight excluding hydrogens is 452 g/mol. The normalized spacial score (nSPS) is 18.9. The number of carbonyl (C=O) groups excluding carboxylic acids is 3. The van der Waals surface area contributed by atoms with Crippen LogP contribution in [0, 0.1) is 18.8 Å². The van der Waals surface area contributed by atoms with Crippen molar-refractivity contribution in [1.29, 1.82) is 0 Å². The number of nitrogens with zero attached hydrogens (tertiary/aromatic N) is 3. The van der Waals surface area contributed by atoms with Crippen molar-refractivity contribution in [2.75, 3.05) is 37.6 Å². The van der Waals surface area contributed by atoms with E-state index >= 15 is 0 Å². The van der Waals surface area contributed by atoms with E-state index in [4.69, 9.17) is 11.6 Å². The van der Waals surface area contributed by atoms with Crippen LogP contribution in [-0.2, 0) is 9.59 Å². The van der Waals surface area contributed by atoms with Gasteiger partial charge in [0, 0.05) is 61.6 Å². The zero-order chi connectivity index (χ0) is 25.0. The molecule has 3 amide bonds. The molecule has 1 aromatic rings. The molecule has 2 aliphatic heterocycles. The highest BCUT2D eigenvalue weighted by Gasteiger charge is 2.26. The van der Waals surface area contributed by atoms with Crippen molar-refractivity contribution in [3.05, 3.63) is 39.9 Å². The number of piperidine rings is 1. The largest absolute Gasteiger partial charge is 0.371 e. The Labute approximate surface area is 207 Å². The number of aliphatic imine (C=N–C) groups is 1. The number of benzene rings is 1. The summed E-state index contributed by atoms with van der Waals surface area (Å²) in [6.07, 6.45) is 3.81. The van der Waals surface area contributed by atoms with Crippen molar-refractivity contribution in [3.8, 4) is 0 Å². The van der Waals surface area contributed by atoms with Gasteiger partial charge in [-0.1, -0.05) is 17.2 Å². The number of carbonyl (C=O) groups is 3. The summed E-state index contributed by atoms with van der Waals surface area (Å²) in [5.74, 6) is -0.315. The van der Waals surface area contributed by atoms with Gasteiger partial charge < -0.3 is 15.1 Å². The van der Waals surface area contributed by atoms with Gasteiger partial charge >= 0.3 is 0 Å². The van der Waals surface area contributed by atoms with Crippen LogP contribution in [0.25, 0.3) is 0 Å². The predicted molar refractivity (Wildman–Crippen MR) is 137 cm³/mol. The Balaban J connectivity index is 1.72. The summed E-state index contributed by atoms with van der Waals surface area (Å²) in [5, 5.41) is 3.41. The van der Waals surface area contributed by atoms with Crippen molar-refractivity contribution in [3.63, 3.8) is 0 Å². The van der Waals surface area contributed by atoms with Crippen LogP contribution in [-0.4, -0.2) is 61.1 Å². The average molecular weight is 487 g/mol. The summed E-state index contributed by atoms with van der Waals surface area (Å²) in [4.78, 5) is 45.2. The lowest BCUT2D eigenvalue weighted by Gasteiger charge is -2.35. The van der Waals surface area contributed by atoms with Gasteiger partial charge in [0.15, 0.2) is 0 Å². The second-order valence-corrected chi connectivity index (χ2v) is 9.76. The van der Waals surface area contributed by atoms with Crippen molar-refractivity contribution < 1.29 is 14.4 Å². The van der Waals surface area contributed by atoms with E-state index in [2.05, 4.69) is 22.1 Å². The van der Waals surface area contributed by atoms with Gasteiger partial charge in [-0.15, -0.1) is 0 Å². The molecule has 34 heavy (non-hydrogen) atoms. The standard InChI is InChI=1S/C26H35ClN4O3/c1-6-30(15-20-7-9-31(10-8-20)19(5)32)24-13-21(27)12-22(18(24)4)25(33)28-14-23-16(2)11-17(3)29-26(23)34/h11-13,20,23H,6-10,14-15H2,1-5H3,(H,28,33). The molecule has 8 heteroatoms. The minimum Gasteiger partial charge on any atom is -0.371 e. The topological polar surface area (TPSA) is 82.1 Å². The molecule has 1 aromatic carbocycles. The smallest absolute Gasteiger partial charge is 0.254 e. The summed E-state index contributed by atoms with van der Waals surface area (Å²) in [7, 11) is 0. The lowest BCUT2D eigenvalue weighted by Crippen LogP contribution is -2.41. The van der Waals surface area contributed by atoms with Crippen LogP contribution >= 0.6 is 11.6 Å². The summed E-state index contributed by atoms with van der Waals surface area (Å²) in [5.41, 5.74) is 3.90. The van der Waals surface area contributed by atoms with Gasteiger partial charge in [-0.25, -0.2) is 4.99 Å². The first-order valence-corrected chi connectivity index (χ1v) is 12.3. The predicted octanol–water partition coefficient (Wildman–Crippen LogP) is 4.03. The maximum Gasteiger partial charge on any atom is 0.254 e. The highest BCUT2D eigenvalue weighted by molar-refractivity contribution is 6.31. The molecule has 1 unspecified atom stereocenters. The maximum absolute atomic E-state index is 13.1. The zero-order valence-electron chi connectivity index (χ0n) is 20.8. The maximum atomic E-state index is 13.1. The second kappa shape index (κ2) is 11.2. The lowest BCUT2D eigenvalue weighted by atomic mass is 9.95. The molecule has 0 aromatic heterocycles. The van der Waals surface area contributed by atoms with E-state index < -0.39 is 5.92 Å². The number of halogens is 1. The van der Waals surface area contributed by atoms with E-state index in [9.17, 15) is 14.4 Å². The Hall–Kier alpha value is -2.67. The summed E-state index contributed by atoms with van der Waals surface area (Å²) in [6, 6.07) is 3.60. The summed E-state index contributed by atoms with van der Waals surface area (Å²) in [6.45, 7) is 12.7. The van der Waals surface area contributed by atoms with Crippen LogP contribution in [0.1, 0.15) is 56.5 Å². The number of hydrogen-bond donors (Lipinski definition) is 1. The minimum absolute atomic E-state index is 0.134. The third-order valence-electron chi connectivity index (χ3n) is 6.89. The SMILES string of the molecule is CCN(CC1CCN(C(C)=O)CC1)c1cc(Cl)cc(C(=O)NCC2C(=O)N=C(C)C=C2C)c1C. The van der Waals surface area contributed by atoms with Gasteiger partial charge in [-0.2, -0.15) is 0 Å². The van der Waals surface area contributed by atoms with Gasteiger partial charge in [0.25, 0.3) is 11.8 Å². The number of anilines is 1. The molecule has 2 aliphatic rings. The van der Waals surface area contributed by atoms with E-state index in [1.54, 1.807) is 19.9 Å². The van der Waals surface area contributed by atoms with E-state index in [0.717, 1.165) is 55.8 Å². The molecule has 0 bridgehead atoms. The second-order valence-electron chi connectivity index (χ2n) is 9.33. The first kappa shape index (κ1) is 25.9. The lowest BCUT2D eigenvalue weighted by molar-refractivity contribution is -0.130. The third-order valence-corrected chi connectivity index (χ3v) is 7.11. The molecule has 1 atom stereocenters. The van der Waals surface area contributed by atoms with E-state index in [-0.39, 0.29) is 24.3 Å². The van der Waals surface area contributed by atoms with Gasteiger partial charge in [-0.3, -0.25) is 14.4 Å². The Bertz CT molecular complexity index is 1030. The van der Waals surface area contributed by atoms with Crippen LogP contribution in [0.4, 0.5) is 5.69 Å². The van der Waals surface area contributed by atoms with Crippen molar-refractivity contribution in [1.82, 2.24) is 10.2 Å². The molecule has 7 nitrogen and oxygen atoms in total. The number of dihydropyridines is 1. The molecular formula is C26H35ClN4O3. The number of hydrogen-bond acceptors (Lipinski definition) is 4.